The summed E-state index contributed by atoms with van der Waals surface area (Å²) in [5.74, 6) is 1.98. The number of fused-ring (bicyclic) bond motifs is 1. The Kier molecular flexibility index (Phi) is 3.84. The standard InChI is InChI=1S/C18H21NO2/c1-12-15-10-17(21-3)16(20-2)9-14(15)11-19-18(12)13-7-5-4-6-8-13/h4-10,12,18-19H,11H2,1-3H3. The van der Waals surface area contributed by atoms with Crippen molar-refractivity contribution in [1.29, 1.82) is 0 Å². The summed E-state index contributed by atoms with van der Waals surface area (Å²) in [6.07, 6.45) is 0. The van der Waals surface area contributed by atoms with E-state index in [1.807, 2.05) is 0 Å². The van der Waals surface area contributed by atoms with Crippen LogP contribution in [-0.4, -0.2) is 14.2 Å². The zero-order valence-electron chi connectivity index (χ0n) is 12.7. The van der Waals surface area contributed by atoms with Crippen molar-refractivity contribution < 1.29 is 9.47 Å². The molecule has 1 N–H and O–H groups in total. The molecule has 0 saturated carbocycles. The second kappa shape index (κ2) is 5.78. The van der Waals surface area contributed by atoms with Crippen LogP contribution in [-0.2, 0) is 6.54 Å². The van der Waals surface area contributed by atoms with Gasteiger partial charge in [-0.25, -0.2) is 0 Å². The van der Waals surface area contributed by atoms with Gasteiger partial charge in [-0.05, 0) is 28.8 Å². The number of hydrogen-bond donors (Lipinski definition) is 1. The Balaban J connectivity index is 1.99. The Bertz CT molecular complexity index is 625. The lowest BCUT2D eigenvalue weighted by molar-refractivity contribution is 0.350. The van der Waals surface area contributed by atoms with Gasteiger partial charge in [0.05, 0.1) is 14.2 Å². The minimum atomic E-state index is 0.330. The number of methoxy groups -OCH3 is 2. The first-order valence-electron chi connectivity index (χ1n) is 7.27. The molecule has 3 heteroatoms. The van der Waals surface area contributed by atoms with Crippen LogP contribution in [0.4, 0.5) is 0 Å². The fourth-order valence-corrected chi connectivity index (χ4v) is 3.16. The Morgan fingerprint density at radius 1 is 1.00 bits per heavy atom. The van der Waals surface area contributed by atoms with Gasteiger partial charge < -0.3 is 14.8 Å². The molecule has 110 valence electrons. The van der Waals surface area contributed by atoms with Gasteiger partial charge in [-0.1, -0.05) is 37.3 Å². The van der Waals surface area contributed by atoms with Crippen molar-refractivity contribution in [2.75, 3.05) is 14.2 Å². The molecule has 1 aliphatic rings. The normalized spacial score (nSPS) is 20.7. The predicted molar refractivity (Wildman–Crippen MR) is 84.0 cm³/mol. The van der Waals surface area contributed by atoms with E-state index in [4.69, 9.17) is 9.47 Å². The molecule has 0 amide bonds. The van der Waals surface area contributed by atoms with Crippen molar-refractivity contribution in [2.45, 2.75) is 25.4 Å². The molecule has 0 saturated heterocycles. The van der Waals surface area contributed by atoms with E-state index >= 15 is 0 Å². The molecule has 2 aromatic rings. The highest BCUT2D eigenvalue weighted by Gasteiger charge is 2.28. The van der Waals surface area contributed by atoms with Crippen LogP contribution in [0.2, 0.25) is 0 Å². The molecule has 1 aliphatic heterocycles. The summed E-state index contributed by atoms with van der Waals surface area (Å²) < 4.78 is 10.8. The zero-order valence-corrected chi connectivity index (χ0v) is 12.7. The Morgan fingerprint density at radius 2 is 1.67 bits per heavy atom. The molecule has 2 atom stereocenters. The van der Waals surface area contributed by atoms with Gasteiger partial charge in [-0.3, -0.25) is 0 Å². The number of nitrogens with one attached hydrogen (secondary N) is 1. The van der Waals surface area contributed by atoms with Crippen LogP contribution >= 0.6 is 0 Å². The molecule has 1 heterocycles. The van der Waals surface area contributed by atoms with Crippen molar-refractivity contribution in [1.82, 2.24) is 5.32 Å². The topological polar surface area (TPSA) is 30.5 Å². The van der Waals surface area contributed by atoms with E-state index in [1.165, 1.54) is 16.7 Å². The number of rotatable bonds is 3. The molecule has 3 nitrogen and oxygen atoms in total. The van der Waals surface area contributed by atoms with Crippen LogP contribution < -0.4 is 14.8 Å². The third-order valence-corrected chi connectivity index (χ3v) is 4.31. The maximum atomic E-state index is 5.45. The average Bonchev–Trinajstić information content (AvgIpc) is 2.55. The lowest BCUT2D eigenvalue weighted by Gasteiger charge is -2.33. The zero-order chi connectivity index (χ0) is 14.8. The Morgan fingerprint density at radius 3 is 2.33 bits per heavy atom. The molecule has 2 unspecified atom stereocenters. The molecule has 0 radical (unpaired) electrons. The molecule has 0 bridgehead atoms. The van der Waals surface area contributed by atoms with Gasteiger partial charge in [-0.2, -0.15) is 0 Å². The lowest BCUT2D eigenvalue weighted by atomic mass is 9.82. The quantitative estimate of drug-likeness (QED) is 0.932. The van der Waals surface area contributed by atoms with Crippen LogP contribution in [0.3, 0.4) is 0 Å². The van der Waals surface area contributed by atoms with Gasteiger partial charge >= 0.3 is 0 Å². The first-order valence-corrected chi connectivity index (χ1v) is 7.27. The van der Waals surface area contributed by atoms with Crippen LogP contribution in [0, 0.1) is 0 Å². The number of benzene rings is 2. The van der Waals surface area contributed by atoms with Gasteiger partial charge in [-0.15, -0.1) is 0 Å². The monoisotopic (exact) mass is 283 g/mol. The first-order chi connectivity index (χ1) is 10.2. The SMILES string of the molecule is COc1cc2c(cc1OC)C(C)C(c1ccccc1)NC2. The lowest BCUT2D eigenvalue weighted by Crippen LogP contribution is -2.31. The van der Waals surface area contributed by atoms with Crippen molar-refractivity contribution in [3.05, 3.63) is 59.2 Å². The third-order valence-electron chi connectivity index (χ3n) is 4.31. The van der Waals surface area contributed by atoms with E-state index in [-0.39, 0.29) is 0 Å². The average molecular weight is 283 g/mol. The molecule has 0 aromatic heterocycles. The maximum Gasteiger partial charge on any atom is 0.161 e. The van der Waals surface area contributed by atoms with E-state index in [2.05, 4.69) is 54.7 Å². The van der Waals surface area contributed by atoms with Crippen LogP contribution in [0.15, 0.2) is 42.5 Å². The molecule has 0 aliphatic carbocycles. The fourth-order valence-electron chi connectivity index (χ4n) is 3.16. The summed E-state index contributed by atoms with van der Waals surface area (Å²) in [5.41, 5.74) is 3.94. The van der Waals surface area contributed by atoms with Crippen LogP contribution in [0.1, 0.15) is 35.6 Å². The van der Waals surface area contributed by atoms with Crippen molar-refractivity contribution in [3.63, 3.8) is 0 Å². The van der Waals surface area contributed by atoms with Gasteiger partial charge in [0.25, 0.3) is 0 Å². The Hall–Kier alpha value is -2.00. The summed E-state index contributed by atoms with van der Waals surface area (Å²) in [6, 6.07) is 15.1. The van der Waals surface area contributed by atoms with Crippen LogP contribution in [0.5, 0.6) is 11.5 Å². The second-order valence-electron chi connectivity index (χ2n) is 5.46. The predicted octanol–water partition coefficient (Wildman–Crippen LogP) is 3.65. The molecule has 0 spiro atoms. The highest BCUT2D eigenvalue weighted by molar-refractivity contribution is 5.50. The summed E-state index contributed by atoms with van der Waals surface area (Å²) in [7, 11) is 3.36. The number of ether oxygens (including phenoxy) is 2. The molecule has 21 heavy (non-hydrogen) atoms. The van der Waals surface area contributed by atoms with Gasteiger partial charge in [0.1, 0.15) is 0 Å². The number of hydrogen-bond acceptors (Lipinski definition) is 3. The van der Waals surface area contributed by atoms with E-state index in [9.17, 15) is 0 Å². The van der Waals surface area contributed by atoms with E-state index in [0.717, 1.165) is 18.0 Å². The smallest absolute Gasteiger partial charge is 0.161 e. The first kappa shape index (κ1) is 14.0. The van der Waals surface area contributed by atoms with Crippen molar-refractivity contribution in [2.24, 2.45) is 0 Å². The van der Waals surface area contributed by atoms with Crippen LogP contribution in [0.25, 0.3) is 0 Å². The van der Waals surface area contributed by atoms with Gasteiger partial charge in [0.15, 0.2) is 11.5 Å². The molecule has 0 fully saturated rings. The van der Waals surface area contributed by atoms with Crippen molar-refractivity contribution in [3.8, 4) is 11.5 Å². The minimum Gasteiger partial charge on any atom is -0.493 e. The van der Waals surface area contributed by atoms with E-state index < -0.39 is 0 Å². The molecular weight excluding hydrogens is 262 g/mol. The third kappa shape index (κ3) is 2.49. The fraction of sp³-hybridized carbons (Fsp3) is 0.333. The largest absolute Gasteiger partial charge is 0.493 e. The minimum absolute atomic E-state index is 0.330. The van der Waals surface area contributed by atoms with E-state index in [1.54, 1.807) is 14.2 Å². The molecule has 2 aromatic carbocycles. The summed E-state index contributed by atoms with van der Waals surface area (Å²) in [5, 5.41) is 3.63. The van der Waals surface area contributed by atoms with Gasteiger partial charge in [0.2, 0.25) is 0 Å². The summed E-state index contributed by atoms with van der Waals surface area (Å²) >= 11 is 0. The maximum absolute atomic E-state index is 5.45. The van der Waals surface area contributed by atoms with Crippen molar-refractivity contribution >= 4 is 0 Å². The van der Waals surface area contributed by atoms with E-state index in [0.29, 0.717) is 12.0 Å². The highest BCUT2D eigenvalue weighted by atomic mass is 16.5. The molecular formula is C18H21NO2. The Labute approximate surface area is 125 Å². The second-order valence-corrected chi connectivity index (χ2v) is 5.46. The summed E-state index contributed by atoms with van der Waals surface area (Å²) in [4.78, 5) is 0. The van der Waals surface area contributed by atoms with Gasteiger partial charge in [0, 0.05) is 18.5 Å². The highest BCUT2D eigenvalue weighted by Crippen LogP contribution is 2.41. The summed E-state index contributed by atoms with van der Waals surface area (Å²) in [6.45, 7) is 3.11. The molecule has 3 rings (SSSR count).